The molecule has 1 aliphatic heterocycles. The summed E-state index contributed by atoms with van der Waals surface area (Å²) < 4.78 is 2.57. The fraction of sp³-hybridized carbons (Fsp3) is 0.269. The number of aryl methyl sites for hydroxylation is 1. The molecular weight excluding hydrogens is 448 g/mol. The highest BCUT2D eigenvalue weighted by Crippen LogP contribution is 2.42. The van der Waals surface area contributed by atoms with Gasteiger partial charge in [0.2, 0.25) is 5.69 Å². The van der Waals surface area contributed by atoms with Crippen LogP contribution in [-0.4, -0.2) is 25.9 Å². The molecule has 34 heavy (non-hydrogen) atoms. The van der Waals surface area contributed by atoms with Crippen molar-refractivity contribution in [1.82, 2.24) is 20.2 Å². The zero-order chi connectivity index (χ0) is 23.2. The van der Waals surface area contributed by atoms with Gasteiger partial charge in [-0.15, -0.1) is 5.10 Å². The lowest BCUT2D eigenvalue weighted by atomic mass is 9.89. The monoisotopic (exact) mass is 470 g/mol. The topological polar surface area (TPSA) is 82.9 Å². The molecule has 2 aromatic carbocycles. The summed E-state index contributed by atoms with van der Waals surface area (Å²) in [6.07, 6.45) is 7.36. The van der Waals surface area contributed by atoms with Crippen LogP contribution in [0.5, 0.6) is 0 Å². The third-order valence-electron chi connectivity index (χ3n) is 6.71. The third kappa shape index (κ3) is 3.96. The summed E-state index contributed by atoms with van der Waals surface area (Å²) in [7, 11) is 0. The van der Waals surface area contributed by atoms with Crippen molar-refractivity contribution in [2.45, 2.75) is 38.5 Å². The first-order valence-corrected chi connectivity index (χ1v) is 11.9. The van der Waals surface area contributed by atoms with E-state index < -0.39 is 0 Å². The Balaban J connectivity index is 1.38. The Bertz CT molecular complexity index is 1410. The fourth-order valence-corrected chi connectivity index (χ4v) is 4.97. The molecule has 0 spiro atoms. The Morgan fingerprint density at radius 3 is 2.79 bits per heavy atom. The Morgan fingerprint density at radius 2 is 2.03 bits per heavy atom. The maximum atomic E-state index is 13.4. The second-order valence-corrected chi connectivity index (χ2v) is 9.66. The van der Waals surface area contributed by atoms with Crippen LogP contribution in [0.4, 0.5) is 5.69 Å². The van der Waals surface area contributed by atoms with E-state index in [1.807, 2.05) is 24.3 Å². The van der Waals surface area contributed by atoms with E-state index in [9.17, 15) is 5.21 Å². The highest BCUT2D eigenvalue weighted by molar-refractivity contribution is 6.31. The Kier molecular flexibility index (Phi) is 5.14. The van der Waals surface area contributed by atoms with Gasteiger partial charge in [-0.05, 0) is 65.6 Å². The molecule has 1 saturated carbocycles. The van der Waals surface area contributed by atoms with Crippen LogP contribution in [0, 0.1) is 18.0 Å². The molecule has 2 aromatic heterocycles. The van der Waals surface area contributed by atoms with E-state index in [2.05, 4.69) is 40.6 Å². The predicted octanol–water partition coefficient (Wildman–Crippen LogP) is 5.14. The van der Waals surface area contributed by atoms with Gasteiger partial charge in [0.05, 0.1) is 17.3 Å². The largest absolute Gasteiger partial charge is 0.618 e. The maximum Gasteiger partial charge on any atom is 0.201 e. The smallest absolute Gasteiger partial charge is 0.201 e. The van der Waals surface area contributed by atoms with E-state index in [1.54, 1.807) is 16.9 Å². The van der Waals surface area contributed by atoms with Crippen molar-refractivity contribution in [1.29, 1.82) is 0 Å². The number of nitrogens with zero attached hydrogens (tertiary/aromatic N) is 6. The molecule has 7 nitrogen and oxygen atoms in total. The van der Waals surface area contributed by atoms with Crippen molar-refractivity contribution < 1.29 is 4.73 Å². The van der Waals surface area contributed by atoms with Gasteiger partial charge >= 0.3 is 0 Å². The first-order valence-electron chi connectivity index (χ1n) is 11.5. The summed E-state index contributed by atoms with van der Waals surface area (Å²) >= 11 is 6.29. The van der Waals surface area contributed by atoms with Gasteiger partial charge in [0.25, 0.3) is 0 Å². The molecule has 1 unspecified atom stereocenters. The van der Waals surface area contributed by atoms with Crippen LogP contribution >= 0.6 is 11.6 Å². The number of benzene rings is 2. The lowest BCUT2D eigenvalue weighted by Gasteiger charge is -2.18. The number of aromatic nitrogens is 5. The van der Waals surface area contributed by atoms with E-state index in [1.165, 1.54) is 30.3 Å². The molecule has 0 bridgehead atoms. The molecule has 1 atom stereocenters. The molecule has 0 amide bonds. The normalized spacial score (nSPS) is 15.8. The van der Waals surface area contributed by atoms with Crippen LogP contribution in [0.2, 0.25) is 5.02 Å². The summed E-state index contributed by atoms with van der Waals surface area (Å²) in [6, 6.07) is 15.8. The van der Waals surface area contributed by atoms with Crippen LogP contribution in [0.3, 0.4) is 0 Å². The minimum Gasteiger partial charge on any atom is -0.618 e. The lowest BCUT2D eigenvalue weighted by Crippen LogP contribution is -2.36. The van der Waals surface area contributed by atoms with Crippen LogP contribution in [0.15, 0.2) is 66.0 Å². The SMILES string of the molecule is Cc1ccc2c(c1)CC(C(CC1CC1)c1ccc(-c3cc(Cl)ccc3-n3cnnn3)c[n+]1[O-])=N2. The summed E-state index contributed by atoms with van der Waals surface area (Å²) in [6.45, 7) is 2.10. The average molecular weight is 471 g/mol. The van der Waals surface area contributed by atoms with E-state index in [-0.39, 0.29) is 5.92 Å². The molecule has 3 heterocycles. The molecule has 0 N–H and O–H groups in total. The van der Waals surface area contributed by atoms with Crippen LogP contribution in [-0.2, 0) is 6.42 Å². The van der Waals surface area contributed by atoms with Gasteiger partial charge in [-0.2, -0.15) is 9.41 Å². The van der Waals surface area contributed by atoms with Gasteiger partial charge in [-0.1, -0.05) is 42.1 Å². The maximum absolute atomic E-state index is 13.4. The summed E-state index contributed by atoms with van der Waals surface area (Å²) in [5.41, 5.74) is 7.63. The predicted molar refractivity (Wildman–Crippen MR) is 131 cm³/mol. The van der Waals surface area contributed by atoms with Crippen molar-refractivity contribution in [2.75, 3.05) is 0 Å². The number of rotatable bonds is 6. The molecule has 0 saturated heterocycles. The number of fused-ring (bicyclic) bond motifs is 1. The molecule has 4 aromatic rings. The third-order valence-corrected chi connectivity index (χ3v) is 6.94. The van der Waals surface area contributed by atoms with E-state index in [4.69, 9.17) is 16.6 Å². The molecule has 1 aliphatic carbocycles. The van der Waals surface area contributed by atoms with Crippen molar-refractivity contribution in [3.05, 3.63) is 88.1 Å². The number of pyridine rings is 1. The Morgan fingerprint density at radius 1 is 1.15 bits per heavy atom. The Hall–Kier alpha value is -3.58. The van der Waals surface area contributed by atoms with Crippen molar-refractivity contribution in [3.8, 4) is 16.8 Å². The molecule has 0 radical (unpaired) electrons. The minimum atomic E-state index is 0.00473. The zero-order valence-corrected chi connectivity index (χ0v) is 19.5. The van der Waals surface area contributed by atoms with Crippen LogP contribution in [0.25, 0.3) is 16.8 Å². The van der Waals surface area contributed by atoms with Crippen molar-refractivity contribution >= 4 is 23.0 Å². The number of aliphatic imine (C=N–C) groups is 1. The lowest BCUT2D eigenvalue weighted by molar-refractivity contribution is -0.614. The Labute approximate surface area is 202 Å². The standard InChI is InChI=1S/C26H23ClN6O/c1-16-2-7-23-19(10-16)12-24(29-23)22(11-17-3-4-17)26-8-5-18(14-33(26)34)21-13-20(27)6-9-25(21)32-15-28-30-31-32/h2,5-10,13-15,17,22H,3-4,11-12H2,1H3. The minimum absolute atomic E-state index is 0.00473. The fourth-order valence-electron chi connectivity index (χ4n) is 4.80. The number of hydrogen-bond donors (Lipinski definition) is 0. The van der Waals surface area contributed by atoms with Gasteiger partial charge < -0.3 is 5.21 Å². The second kappa shape index (κ2) is 8.33. The molecule has 8 heteroatoms. The first-order chi connectivity index (χ1) is 16.5. The van der Waals surface area contributed by atoms with Crippen LogP contribution < -0.4 is 4.73 Å². The molecular formula is C26H23ClN6O. The molecule has 170 valence electrons. The van der Waals surface area contributed by atoms with E-state index in [0.29, 0.717) is 10.9 Å². The summed E-state index contributed by atoms with van der Waals surface area (Å²) in [5, 5.41) is 25.4. The summed E-state index contributed by atoms with van der Waals surface area (Å²) in [5.74, 6) is 0.669. The molecule has 2 aliphatic rings. The number of hydrogen-bond acceptors (Lipinski definition) is 5. The quantitative estimate of drug-likeness (QED) is 0.288. The van der Waals surface area contributed by atoms with E-state index in [0.717, 1.165) is 51.5 Å². The molecule has 1 fully saturated rings. The van der Waals surface area contributed by atoms with Crippen molar-refractivity contribution in [2.24, 2.45) is 10.9 Å². The zero-order valence-electron chi connectivity index (χ0n) is 18.7. The van der Waals surface area contributed by atoms with E-state index >= 15 is 0 Å². The average Bonchev–Trinajstić information content (AvgIpc) is 3.29. The number of tetrazole rings is 1. The van der Waals surface area contributed by atoms with Crippen molar-refractivity contribution in [3.63, 3.8) is 0 Å². The van der Waals surface area contributed by atoms with Gasteiger partial charge in [-0.25, -0.2) is 0 Å². The highest BCUT2D eigenvalue weighted by atomic mass is 35.5. The summed E-state index contributed by atoms with van der Waals surface area (Å²) in [4.78, 5) is 4.95. The van der Waals surface area contributed by atoms with Crippen LogP contribution in [0.1, 0.15) is 42.0 Å². The highest BCUT2D eigenvalue weighted by Gasteiger charge is 2.35. The van der Waals surface area contributed by atoms with Gasteiger partial charge in [0.1, 0.15) is 6.33 Å². The molecule has 6 rings (SSSR count). The van der Waals surface area contributed by atoms with Gasteiger partial charge in [-0.3, -0.25) is 4.99 Å². The van der Waals surface area contributed by atoms with Gasteiger partial charge in [0.15, 0.2) is 6.20 Å². The number of halogens is 1. The van der Waals surface area contributed by atoms with Gasteiger partial charge in [0, 0.05) is 34.3 Å². The first kappa shape index (κ1) is 21.0. The second-order valence-electron chi connectivity index (χ2n) is 9.23.